The summed E-state index contributed by atoms with van der Waals surface area (Å²) in [5.74, 6) is 0.632. The molecular formula is C35H41N5O2. The number of fused-ring (bicyclic) bond motifs is 1. The smallest absolute Gasteiger partial charge is 0.324 e. The highest BCUT2D eigenvalue weighted by Gasteiger charge is 2.26. The van der Waals surface area contributed by atoms with Crippen LogP contribution in [0, 0.1) is 6.92 Å². The molecule has 3 aromatic carbocycles. The van der Waals surface area contributed by atoms with Gasteiger partial charge in [-0.05, 0) is 60.7 Å². The van der Waals surface area contributed by atoms with E-state index in [2.05, 4.69) is 91.8 Å². The molecule has 1 aromatic heterocycles. The Kier molecular flexibility index (Phi) is 7.88. The third-order valence-electron chi connectivity index (χ3n) is 8.35. The molecule has 1 aliphatic heterocycles. The predicted molar refractivity (Wildman–Crippen MR) is 172 cm³/mol. The van der Waals surface area contributed by atoms with E-state index in [1.807, 2.05) is 28.9 Å². The molecule has 218 valence electrons. The first-order chi connectivity index (χ1) is 20.3. The van der Waals surface area contributed by atoms with Crippen molar-refractivity contribution in [1.29, 1.82) is 0 Å². The fourth-order valence-corrected chi connectivity index (χ4v) is 6.02. The monoisotopic (exact) mass is 563 g/mol. The zero-order valence-electron chi connectivity index (χ0n) is 25.1. The van der Waals surface area contributed by atoms with Crippen LogP contribution in [0.2, 0.25) is 0 Å². The number of carbonyl (C=O) groups is 1. The molecule has 2 aliphatic rings. The Morgan fingerprint density at radius 3 is 2.50 bits per heavy atom. The van der Waals surface area contributed by atoms with Crippen molar-refractivity contribution in [2.45, 2.75) is 58.4 Å². The summed E-state index contributed by atoms with van der Waals surface area (Å²) in [5.41, 5.74) is 6.04. The molecule has 0 spiro atoms. The van der Waals surface area contributed by atoms with Crippen molar-refractivity contribution in [3.05, 3.63) is 89.6 Å². The van der Waals surface area contributed by atoms with Crippen molar-refractivity contribution >= 4 is 33.9 Å². The van der Waals surface area contributed by atoms with Crippen LogP contribution in [0.15, 0.2) is 72.8 Å². The number of ether oxygens (including phenoxy) is 1. The second-order valence-corrected chi connectivity index (χ2v) is 12.5. The number of amides is 2. The molecule has 7 heteroatoms. The van der Waals surface area contributed by atoms with E-state index >= 15 is 0 Å². The van der Waals surface area contributed by atoms with Gasteiger partial charge in [-0.25, -0.2) is 9.48 Å². The average Bonchev–Trinajstić information content (AvgIpc) is 3.42. The number of nitrogens with zero attached hydrogens (tertiary/aromatic N) is 3. The predicted octanol–water partition coefficient (Wildman–Crippen LogP) is 7.54. The number of urea groups is 1. The third-order valence-corrected chi connectivity index (χ3v) is 8.35. The lowest BCUT2D eigenvalue weighted by atomic mass is 9.86. The van der Waals surface area contributed by atoms with E-state index < -0.39 is 0 Å². The molecule has 2 amide bonds. The molecule has 2 heterocycles. The Morgan fingerprint density at radius 1 is 0.976 bits per heavy atom. The van der Waals surface area contributed by atoms with Crippen molar-refractivity contribution in [2.75, 3.05) is 36.9 Å². The summed E-state index contributed by atoms with van der Waals surface area (Å²) >= 11 is 0. The van der Waals surface area contributed by atoms with Crippen LogP contribution in [0.4, 0.5) is 16.3 Å². The van der Waals surface area contributed by atoms with Crippen LogP contribution in [-0.2, 0) is 10.2 Å². The van der Waals surface area contributed by atoms with Gasteiger partial charge in [-0.1, -0.05) is 74.9 Å². The van der Waals surface area contributed by atoms with Crippen LogP contribution in [-0.4, -0.2) is 53.1 Å². The number of allylic oxidation sites excluding steroid dienone is 1. The maximum absolute atomic E-state index is 13.7. The van der Waals surface area contributed by atoms with Gasteiger partial charge in [-0.3, -0.25) is 10.2 Å². The van der Waals surface area contributed by atoms with Crippen LogP contribution >= 0.6 is 0 Å². The Balaban J connectivity index is 1.33. The Labute approximate surface area is 248 Å². The zero-order valence-corrected chi connectivity index (χ0v) is 25.1. The third kappa shape index (κ3) is 5.98. The first-order valence-electron chi connectivity index (χ1n) is 15.1. The number of rotatable bonds is 5. The lowest BCUT2D eigenvalue weighted by Crippen LogP contribution is -2.43. The van der Waals surface area contributed by atoms with Gasteiger partial charge < -0.3 is 10.1 Å². The molecule has 2 N–H and O–H groups in total. The van der Waals surface area contributed by atoms with Gasteiger partial charge >= 0.3 is 6.03 Å². The van der Waals surface area contributed by atoms with Gasteiger partial charge in [-0.2, -0.15) is 5.10 Å². The van der Waals surface area contributed by atoms with Crippen molar-refractivity contribution in [3.8, 4) is 5.69 Å². The number of hydrogen-bond acceptors (Lipinski definition) is 4. The van der Waals surface area contributed by atoms with Gasteiger partial charge in [0.05, 0.1) is 30.3 Å². The molecule has 1 aliphatic carbocycles. The van der Waals surface area contributed by atoms with Crippen LogP contribution in [0.5, 0.6) is 0 Å². The SMILES string of the molecule is Cc1ccc(-n2nc(C(C)(C)C)cc2NC(=O)Nc2ccc3ccccc3c2C2=CC(N3CCOCC3)CCC2)cc1. The topological polar surface area (TPSA) is 71.4 Å². The Hall–Kier alpha value is -3.94. The zero-order chi connectivity index (χ0) is 29.3. The molecule has 1 saturated heterocycles. The normalized spacial score (nSPS) is 18.1. The second kappa shape index (κ2) is 11.7. The first kappa shape index (κ1) is 28.2. The minimum absolute atomic E-state index is 0.168. The summed E-state index contributed by atoms with van der Waals surface area (Å²) < 4.78 is 7.43. The average molecular weight is 564 g/mol. The molecule has 1 atom stereocenters. The summed E-state index contributed by atoms with van der Waals surface area (Å²) in [6, 6.07) is 22.8. The van der Waals surface area contributed by atoms with Crippen molar-refractivity contribution in [1.82, 2.24) is 14.7 Å². The van der Waals surface area contributed by atoms with Crippen molar-refractivity contribution < 1.29 is 9.53 Å². The number of benzene rings is 3. The molecule has 0 bridgehead atoms. The van der Waals surface area contributed by atoms with Gasteiger partial charge in [0.15, 0.2) is 0 Å². The van der Waals surface area contributed by atoms with Crippen molar-refractivity contribution in [2.24, 2.45) is 0 Å². The maximum atomic E-state index is 13.7. The van der Waals surface area contributed by atoms with Gasteiger partial charge in [0, 0.05) is 36.2 Å². The highest BCUT2D eigenvalue weighted by atomic mass is 16.5. The lowest BCUT2D eigenvalue weighted by Gasteiger charge is -2.35. The van der Waals surface area contributed by atoms with Crippen LogP contribution in [0.3, 0.4) is 0 Å². The van der Waals surface area contributed by atoms with Gasteiger partial charge in [0.1, 0.15) is 5.82 Å². The van der Waals surface area contributed by atoms with Gasteiger partial charge in [0.25, 0.3) is 0 Å². The number of aromatic nitrogens is 2. The number of morpholine rings is 1. The standard InChI is InChI=1S/C35H41N5O2/c1-24-12-15-27(16-13-24)40-32(23-31(38-40)35(2,3)4)37-34(41)36-30-17-14-25-8-5-6-11-29(25)33(30)26-9-7-10-28(22-26)39-18-20-42-21-19-39/h5-6,8,11-17,22-23,28H,7,9-10,18-21H2,1-4H3,(H2,36,37,41). The highest BCUT2D eigenvalue weighted by molar-refractivity contribution is 6.06. The first-order valence-corrected chi connectivity index (χ1v) is 15.1. The van der Waals surface area contributed by atoms with E-state index in [1.54, 1.807) is 0 Å². The molecular weight excluding hydrogens is 522 g/mol. The fourth-order valence-electron chi connectivity index (χ4n) is 6.02. The quantitative estimate of drug-likeness (QED) is 0.263. The number of aryl methyl sites for hydroxylation is 1. The van der Waals surface area contributed by atoms with Crippen molar-refractivity contribution in [3.63, 3.8) is 0 Å². The van der Waals surface area contributed by atoms with E-state index in [4.69, 9.17) is 9.84 Å². The highest BCUT2D eigenvalue weighted by Crippen LogP contribution is 2.38. The summed E-state index contributed by atoms with van der Waals surface area (Å²) in [5, 5.41) is 13.5. The summed E-state index contributed by atoms with van der Waals surface area (Å²) in [7, 11) is 0. The second-order valence-electron chi connectivity index (χ2n) is 12.5. The Morgan fingerprint density at radius 2 is 1.74 bits per heavy atom. The molecule has 1 fully saturated rings. The molecule has 0 radical (unpaired) electrons. The van der Waals surface area contributed by atoms with Crippen LogP contribution in [0.1, 0.15) is 56.9 Å². The number of carbonyl (C=O) groups excluding carboxylic acids is 1. The van der Waals surface area contributed by atoms with Gasteiger partial charge in [-0.15, -0.1) is 0 Å². The van der Waals surface area contributed by atoms with Gasteiger partial charge in [0.2, 0.25) is 0 Å². The molecule has 7 nitrogen and oxygen atoms in total. The van der Waals surface area contributed by atoms with Crippen LogP contribution in [0.25, 0.3) is 22.0 Å². The molecule has 1 unspecified atom stereocenters. The molecule has 6 rings (SSSR count). The van der Waals surface area contributed by atoms with E-state index in [-0.39, 0.29) is 11.4 Å². The summed E-state index contributed by atoms with van der Waals surface area (Å²) in [6.07, 6.45) is 5.69. The van der Waals surface area contributed by atoms with E-state index in [0.717, 1.165) is 73.6 Å². The minimum atomic E-state index is -0.290. The summed E-state index contributed by atoms with van der Waals surface area (Å²) in [6.45, 7) is 11.9. The number of nitrogens with one attached hydrogen (secondary N) is 2. The number of anilines is 2. The minimum Gasteiger partial charge on any atom is -0.379 e. The van der Waals surface area contributed by atoms with E-state index in [9.17, 15) is 4.79 Å². The fraction of sp³-hybridized carbons (Fsp3) is 0.371. The van der Waals surface area contributed by atoms with E-state index in [1.165, 1.54) is 16.5 Å². The molecule has 42 heavy (non-hydrogen) atoms. The number of hydrogen-bond donors (Lipinski definition) is 2. The largest absolute Gasteiger partial charge is 0.379 e. The maximum Gasteiger partial charge on any atom is 0.324 e. The van der Waals surface area contributed by atoms with E-state index in [0.29, 0.717) is 11.9 Å². The van der Waals surface area contributed by atoms with Crippen LogP contribution < -0.4 is 10.6 Å². The molecule has 0 saturated carbocycles. The molecule has 4 aromatic rings. The lowest BCUT2D eigenvalue weighted by molar-refractivity contribution is 0.0234. The Bertz CT molecular complexity index is 1610. The summed E-state index contributed by atoms with van der Waals surface area (Å²) in [4.78, 5) is 16.2.